The van der Waals surface area contributed by atoms with E-state index in [4.69, 9.17) is 9.47 Å². The Bertz CT molecular complexity index is 679. The molecule has 0 amide bonds. The van der Waals surface area contributed by atoms with Crippen molar-refractivity contribution >= 4 is 5.97 Å². The second-order valence-corrected chi connectivity index (χ2v) is 3.95. The van der Waals surface area contributed by atoms with Crippen LogP contribution in [0.15, 0.2) is 41.2 Å². The second-order valence-electron chi connectivity index (χ2n) is 3.95. The van der Waals surface area contributed by atoms with E-state index in [1.165, 1.54) is 19.2 Å². The van der Waals surface area contributed by atoms with Gasteiger partial charge in [0, 0.05) is 13.1 Å². The molecule has 0 spiro atoms. The maximum atomic E-state index is 12.0. The summed E-state index contributed by atoms with van der Waals surface area (Å²) in [5, 5.41) is 3.83. The summed E-state index contributed by atoms with van der Waals surface area (Å²) in [6.45, 7) is 2.31. The molecule has 104 valence electrons. The number of hydrogen-bond donors (Lipinski definition) is 0. The van der Waals surface area contributed by atoms with E-state index in [2.05, 4.69) is 5.10 Å². The fraction of sp³-hybridized carbons (Fsp3) is 0.214. The molecule has 2 rings (SSSR count). The van der Waals surface area contributed by atoms with Gasteiger partial charge in [0.15, 0.2) is 17.2 Å². The Morgan fingerprint density at radius 2 is 1.90 bits per heavy atom. The van der Waals surface area contributed by atoms with Crippen molar-refractivity contribution in [2.45, 2.75) is 6.92 Å². The summed E-state index contributed by atoms with van der Waals surface area (Å²) in [6.07, 6.45) is 0. The molecule has 1 aromatic carbocycles. The highest BCUT2D eigenvalue weighted by molar-refractivity contribution is 5.89. The monoisotopic (exact) mass is 274 g/mol. The van der Waals surface area contributed by atoms with Gasteiger partial charge in [-0.1, -0.05) is 12.1 Å². The summed E-state index contributed by atoms with van der Waals surface area (Å²) >= 11 is 0. The molecule has 1 heterocycles. The number of ether oxygens (including phenoxy) is 2. The summed E-state index contributed by atoms with van der Waals surface area (Å²) in [5.74, 6) is 0.149. The summed E-state index contributed by atoms with van der Waals surface area (Å²) in [4.78, 5) is 23.2. The number of para-hydroxylation sites is 2. The van der Waals surface area contributed by atoms with E-state index in [-0.39, 0.29) is 11.3 Å². The van der Waals surface area contributed by atoms with Gasteiger partial charge in [-0.3, -0.25) is 4.79 Å². The van der Waals surface area contributed by atoms with Crippen LogP contribution in [0.5, 0.6) is 11.5 Å². The maximum Gasteiger partial charge on any atom is 0.364 e. The predicted octanol–water partition coefficient (Wildman–Crippen LogP) is 1.40. The van der Waals surface area contributed by atoms with Gasteiger partial charge >= 0.3 is 5.97 Å². The molecule has 0 N–H and O–H groups in total. The van der Waals surface area contributed by atoms with Gasteiger partial charge in [0.05, 0.1) is 6.61 Å². The molecule has 0 radical (unpaired) electrons. The van der Waals surface area contributed by atoms with Crippen LogP contribution >= 0.6 is 0 Å². The van der Waals surface area contributed by atoms with Gasteiger partial charge in [-0.2, -0.15) is 5.10 Å². The van der Waals surface area contributed by atoms with Crippen molar-refractivity contribution in [3.05, 3.63) is 52.4 Å². The lowest BCUT2D eigenvalue weighted by atomic mass is 10.3. The molecular formula is C14H14N2O4. The number of carbonyl (C=O) groups excluding carboxylic acids is 1. The lowest BCUT2D eigenvalue weighted by Crippen LogP contribution is -2.22. The van der Waals surface area contributed by atoms with E-state index in [0.29, 0.717) is 18.1 Å². The SMILES string of the molecule is CCOc1ccccc1OC(=O)c1ccc(=O)n(C)n1. The van der Waals surface area contributed by atoms with Crippen molar-refractivity contribution in [2.75, 3.05) is 6.61 Å². The zero-order chi connectivity index (χ0) is 14.5. The van der Waals surface area contributed by atoms with Crippen LogP contribution in [0.3, 0.4) is 0 Å². The number of nitrogens with zero attached hydrogens (tertiary/aromatic N) is 2. The molecule has 0 atom stereocenters. The standard InChI is InChI=1S/C14H14N2O4/c1-3-19-11-6-4-5-7-12(11)20-14(18)10-8-9-13(17)16(2)15-10/h4-9H,3H2,1-2H3. The van der Waals surface area contributed by atoms with Crippen molar-refractivity contribution < 1.29 is 14.3 Å². The first-order valence-corrected chi connectivity index (χ1v) is 6.10. The predicted molar refractivity (Wildman–Crippen MR) is 72.0 cm³/mol. The Balaban J connectivity index is 2.23. The molecule has 2 aromatic rings. The van der Waals surface area contributed by atoms with E-state index in [1.54, 1.807) is 24.3 Å². The third kappa shape index (κ3) is 3.03. The molecule has 6 heteroatoms. The zero-order valence-corrected chi connectivity index (χ0v) is 11.2. The van der Waals surface area contributed by atoms with Gasteiger partial charge in [-0.25, -0.2) is 9.48 Å². The summed E-state index contributed by atoms with van der Waals surface area (Å²) in [7, 11) is 1.47. The summed E-state index contributed by atoms with van der Waals surface area (Å²) < 4.78 is 11.7. The molecule has 0 aliphatic rings. The molecular weight excluding hydrogens is 260 g/mol. The number of carbonyl (C=O) groups is 1. The third-order valence-corrected chi connectivity index (χ3v) is 2.52. The van der Waals surface area contributed by atoms with Crippen LogP contribution in [0.25, 0.3) is 0 Å². The number of aryl methyl sites for hydroxylation is 1. The first-order chi connectivity index (χ1) is 9.61. The van der Waals surface area contributed by atoms with Crippen LogP contribution in [0.2, 0.25) is 0 Å². The van der Waals surface area contributed by atoms with Crippen molar-refractivity contribution in [3.63, 3.8) is 0 Å². The molecule has 0 aliphatic carbocycles. The molecule has 0 fully saturated rings. The summed E-state index contributed by atoms with van der Waals surface area (Å²) in [5.41, 5.74) is -0.241. The van der Waals surface area contributed by atoms with Gasteiger partial charge in [-0.05, 0) is 25.1 Å². The minimum Gasteiger partial charge on any atom is -0.490 e. The third-order valence-electron chi connectivity index (χ3n) is 2.52. The first kappa shape index (κ1) is 13.8. The van der Waals surface area contributed by atoms with E-state index < -0.39 is 5.97 Å². The molecule has 20 heavy (non-hydrogen) atoms. The quantitative estimate of drug-likeness (QED) is 0.622. The average Bonchev–Trinajstić information content (AvgIpc) is 2.44. The fourth-order valence-electron chi connectivity index (χ4n) is 1.57. The number of rotatable bonds is 4. The Hall–Kier alpha value is -2.63. The van der Waals surface area contributed by atoms with Crippen LogP contribution in [-0.4, -0.2) is 22.4 Å². The van der Waals surface area contributed by atoms with E-state index in [0.717, 1.165) is 4.68 Å². The van der Waals surface area contributed by atoms with Gasteiger partial charge in [0.1, 0.15) is 0 Å². The van der Waals surface area contributed by atoms with Crippen molar-refractivity contribution in [2.24, 2.45) is 7.05 Å². The van der Waals surface area contributed by atoms with Crippen molar-refractivity contribution in [3.8, 4) is 11.5 Å². The highest BCUT2D eigenvalue weighted by Crippen LogP contribution is 2.26. The van der Waals surface area contributed by atoms with Crippen molar-refractivity contribution in [1.29, 1.82) is 0 Å². The van der Waals surface area contributed by atoms with Gasteiger partial charge < -0.3 is 9.47 Å². The highest BCUT2D eigenvalue weighted by Gasteiger charge is 2.14. The second kappa shape index (κ2) is 6.01. The van der Waals surface area contributed by atoms with Gasteiger partial charge in [0.25, 0.3) is 5.56 Å². The molecule has 0 saturated carbocycles. The zero-order valence-electron chi connectivity index (χ0n) is 11.2. The van der Waals surface area contributed by atoms with Crippen LogP contribution < -0.4 is 15.0 Å². The van der Waals surface area contributed by atoms with Gasteiger partial charge in [-0.15, -0.1) is 0 Å². The van der Waals surface area contributed by atoms with Crippen LogP contribution in [0.1, 0.15) is 17.4 Å². The summed E-state index contributed by atoms with van der Waals surface area (Å²) in [6, 6.07) is 9.45. The number of esters is 1. The lowest BCUT2D eigenvalue weighted by Gasteiger charge is -2.09. The Kier molecular flexibility index (Phi) is 4.14. The van der Waals surface area contributed by atoms with E-state index in [9.17, 15) is 9.59 Å². The topological polar surface area (TPSA) is 70.4 Å². The normalized spacial score (nSPS) is 10.1. The lowest BCUT2D eigenvalue weighted by molar-refractivity contribution is 0.0719. The molecule has 0 aliphatic heterocycles. The minimum atomic E-state index is -0.646. The number of benzene rings is 1. The molecule has 1 aromatic heterocycles. The Morgan fingerprint density at radius 3 is 2.55 bits per heavy atom. The molecule has 0 unspecified atom stereocenters. The minimum absolute atomic E-state index is 0.0541. The van der Waals surface area contributed by atoms with Gasteiger partial charge in [0.2, 0.25) is 0 Å². The molecule has 0 bridgehead atoms. The fourth-order valence-corrected chi connectivity index (χ4v) is 1.57. The smallest absolute Gasteiger partial charge is 0.364 e. The van der Waals surface area contributed by atoms with Crippen LogP contribution in [-0.2, 0) is 7.05 Å². The number of hydrogen-bond acceptors (Lipinski definition) is 5. The maximum absolute atomic E-state index is 12.0. The Morgan fingerprint density at radius 1 is 1.20 bits per heavy atom. The first-order valence-electron chi connectivity index (χ1n) is 6.10. The van der Waals surface area contributed by atoms with E-state index in [1.807, 2.05) is 6.92 Å². The van der Waals surface area contributed by atoms with Crippen LogP contribution in [0, 0.1) is 0 Å². The van der Waals surface area contributed by atoms with Crippen molar-refractivity contribution in [1.82, 2.24) is 9.78 Å². The molecule has 0 saturated heterocycles. The van der Waals surface area contributed by atoms with Crippen LogP contribution in [0.4, 0.5) is 0 Å². The largest absolute Gasteiger partial charge is 0.490 e. The molecule has 6 nitrogen and oxygen atoms in total. The Labute approximate surface area is 115 Å². The highest BCUT2D eigenvalue weighted by atomic mass is 16.6. The number of aromatic nitrogens is 2. The average molecular weight is 274 g/mol. The van der Waals surface area contributed by atoms with E-state index >= 15 is 0 Å².